The Hall–Kier alpha value is -1.42. The van der Waals surface area contributed by atoms with Gasteiger partial charge >= 0.3 is 5.97 Å². The molecule has 2 unspecified atom stereocenters. The fourth-order valence-electron chi connectivity index (χ4n) is 3.11. The number of carbonyl (C=O) groups is 1. The summed E-state index contributed by atoms with van der Waals surface area (Å²) in [5.74, 6) is -1.12. The first kappa shape index (κ1) is 13.0. The van der Waals surface area contributed by atoms with Gasteiger partial charge in [-0.25, -0.2) is 4.39 Å². The highest BCUT2D eigenvalue weighted by Gasteiger charge is 2.44. The highest BCUT2D eigenvalue weighted by molar-refractivity contribution is 5.70. The van der Waals surface area contributed by atoms with E-state index < -0.39 is 11.4 Å². The first-order valence-electron chi connectivity index (χ1n) is 6.26. The maximum absolute atomic E-state index is 13.2. The number of hydrogen-bond acceptors (Lipinski definition) is 2. The van der Waals surface area contributed by atoms with E-state index in [2.05, 4.69) is 0 Å². The van der Waals surface area contributed by atoms with E-state index in [4.69, 9.17) is 10.8 Å². The summed E-state index contributed by atoms with van der Waals surface area (Å²) < 4.78 is 13.2. The van der Waals surface area contributed by atoms with Crippen molar-refractivity contribution in [3.05, 3.63) is 35.1 Å². The number of benzene rings is 1. The van der Waals surface area contributed by atoms with Crippen LogP contribution in [-0.2, 0) is 16.6 Å². The normalized spacial score (nSPS) is 23.7. The number of nitrogens with two attached hydrogens (primary N) is 1. The molecular weight excluding hydrogens is 233 g/mol. The van der Waals surface area contributed by atoms with Gasteiger partial charge in [0.1, 0.15) is 5.82 Å². The van der Waals surface area contributed by atoms with Crippen LogP contribution in [0.3, 0.4) is 0 Å². The molecule has 1 aliphatic carbocycles. The number of rotatable bonds is 4. The van der Waals surface area contributed by atoms with E-state index >= 15 is 0 Å². The molecule has 3 N–H and O–H groups in total. The maximum Gasteiger partial charge on any atom is 0.304 e. The van der Waals surface area contributed by atoms with Gasteiger partial charge in [0.05, 0.1) is 6.42 Å². The van der Waals surface area contributed by atoms with E-state index in [1.54, 1.807) is 6.07 Å². The lowest BCUT2D eigenvalue weighted by Crippen LogP contribution is -2.45. The Kier molecular flexibility index (Phi) is 3.39. The molecule has 98 valence electrons. The lowest BCUT2D eigenvalue weighted by atomic mass is 9.72. The van der Waals surface area contributed by atoms with E-state index in [0.29, 0.717) is 19.3 Å². The summed E-state index contributed by atoms with van der Waals surface area (Å²) in [6.07, 6.45) is 2.12. The molecule has 0 saturated heterocycles. The molecule has 0 bridgehead atoms. The molecule has 0 amide bonds. The Balaban J connectivity index is 2.48. The van der Waals surface area contributed by atoms with E-state index in [9.17, 15) is 9.18 Å². The monoisotopic (exact) mass is 251 g/mol. The highest BCUT2D eigenvalue weighted by Crippen LogP contribution is 2.44. The standard InChI is InChI=1S/C14H18FNO2/c1-2-12(16)14(8-13(17)18)6-5-9-7-10(15)3-4-11(9)14/h3-4,7,12H,2,5-6,8,16H2,1H3,(H,17,18). The molecule has 0 fully saturated rings. The first-order chi connectivity index (χ1) is 8.49. The van der Waals surface area contributed by atoms with Crippen molar-refractivity contribution in [1.82, 2.24) is 0 Å². The molecule has 1 aromatic rings. The Bertz CT molecular complexity index is 475. The fraction of sp³-hybridized carbons (Fsp3) is 0.500. The Morgan fingerprint density at radius 1 is 1.61 bits per heavy atom. The lowest BCUT2D eigenvalue weighted by Gasteiger charge is -2.34. The average Bonchev–Trinajstić information content (AvgIpc) is 2.66. The Morgan fingerprint density at radius 2 is 2.33 bits per heavy atom. The van der Waals surface area contributed by atoms with Crippen molar-refractivity contribution < 1.29 is 14.3 Å². The van der Waals surface area contributed by atoms with E-state index in [0.717, 1.165) is 11.1 Å². The summed E-state index contributed by atoms with van der Waals surface area (Å²) >= 11 is 0. The summed E-state index contributed by atoms with van der Waals surface area (Å²) in [6, 6.07) is 4.39. The zero-order valence-corrected chi connectivity index (χ0v) is 10.4. The van der Waals surface area contributed by atoms with Gasteiger partial charge in [0.2, 0.25) is 0 Å². The molecule has 0 aromatic heterocycles. The topological polar surface area (TPSA) is 63.3 Å². The van der Waals surface area contributed by atoms with Gasteiger partial charge in [0.15, 0.2) is 0 Å². The molecule has 2 atom stereocenters. The van der Waals surface area contributed by atoms with Crippen LogP contribution in [0.5, 0.6) is 0 Å². The van der Waals surface area contributed by atoms with Gasteiger partial charge in [-0.05, 0) is 42.5 Å². The van der Waals surface area contributed by atoms with Gasteiger partial charge < -0.3 is 10.8 Å². The summed E-state index contributed by atoms with van der Waals surface area (Å²) in [6.45, 7) is 1.95. The van der Waals surface area contributed by atoms with Crippen molar-refractivity contribution in [2.75, 3.05) is 0 Å². The van der Waals surface area contributed by atoms with Gasteiger partial charge in [0.25, 0.3) is 0 Å². The molecule has 18 heavy (non-hydrogen) atoms. The third-order valence-electron chi connectivity index (χ3n) is 4.06. The SMILES string of the molecule is CCC(N)C1(CC(=O)O)CCc2cc(F)ccc21. The van der Waals surface area contributed by atoms with Crippen molar-refractivity contribution in [1.29, 1.82) is 0 Å². The molecule has 1 aliphatic rings. The van der Waals surface area contributed by atoms with Crippen LogP contribution >= 0.6 is 0 Å². The number of carboxylic acid groups (broad SMARTS) is 1. The minimum Gasteiger partial charge on any atom is -0.481 e. The number of carboxylic acids is 1. The highest BCUT2D eigenvalue weighted by atomic mass is 19.1. The minimum absolute atomic E-state index is 0.0145. The predicted octanol–water partition coefficient (Wildman–Crippen LogP) is 2.22. The minimum atomic E-state index is -0.851. The predicted molar refractivity (Wildman–Crippen MR) is 66.9 cm³/mol. The van der Waals surface area contributed by atoms with E-state index in [1.807, 2.05) is 6.92 Å². The number of hydrogen-bond donors (Lipinski definition) is 2. The number of halogens is 1. The molecule has 4 heteroatoms. The number of aliphatic carboxylic acids is 1. The third kappa shape index (κ3) is 2.01. The second-order valence-corrected chi connectivity index (χ2v) is 5.04. The molecule has 0 aliphatic heterocycles. The van der Waals surface area contributed by atoms with Crippen LogP contribution < -0.4 is 5.73 Å². The molecular formula is C14H18FNO2. The summed E-state index contributed by atoms with van der Waals surface area (Å²) in [5.41, 5.74) is 7.44. The van der Waals surface area contributed by atoms with Crippen LogP contribution in [0, 0.1) is 5.82 Å². The van der Waals surface area contributed by atoms with Crippen LogP contribution in [-0.4, -0.2) is 17.1 Å². The molecule has 3 nitrogen and oxygen atoms in total. The number of fused-ring (bicyclic) bond motifs is 1. The van der Waals surface area contributed by atoms with Crippen LogP contribution in [0.1, 0.15) is 37.3 Å². The quantitative estimate of drug-likeness (QED) is 0.862. The lowest BCUT2D eigenvalue weighted by molar-refractivity contribution is -0.138. The first-order valence-corrected chi connectivity index (χ1v) is 6.26. The van der Waals surface area contributed by atoms with Crippen molar-refractivity contribution in [3.63, 3.8) is 0 Å². The van der Waals surface area contributed by atoms with Gasteiger partial charge in [0, 0.05) is 11.5 Å². The van der Waals surface area contributed by atoms with Crippen LogP contribution in [0.25, 0.3) is 0 Å². The van der Waals surface area contributed by atoms with Crippen molar-refractivity contribution in [3.8, 4) is 0 Å². The maximum atomic E-state index is 13.2. The molecule has 0 spiro atoms. The molecule has 1 aromatic carbocycles. The summed E-state index contributed by atoms with van der Waals surface area (Å²) in [5, 5.41) is 9.13. The van der Waals surface area contributed by atoms with Gasteiger partial charge in [-0.2, -0.15) is 0 Å². The smallest absolute Gasteiger partial charge is 0.304 e. The molecule has 0 heterocycles. The van der Waals surface area contributed by atoms with Gasteiger partial charge in [-0.1, -0.05) is 13.0 Å². The average molecular weight is 251 g/mol. The Labute approximate surface area is 106 Å². The van der Waals surface area contributed by atoms with Crippen molar-refractivity contribution in [2.45, 2.75) is 44.1 Å². The molecule has 2 rings (SSSR count). The number of aryl methyl sites for hydroxylation is 1. The van der Waals surface area contributed by atoms with Crippen LogP contribution in [0.2, 0.25) is 0 Å². The molecule has 0 radical (unpaired) electrons. The van der Waals surface area contributed by atoms with Gasteiger partial charge in [-0.15, -0.1) is 0 Å². The van der Waals surface area contributed by atoms with Crippen molar-refractivity contribution in [2.24, 2.45) is 5.73 Å². The van der Waals surface area contributed by atoms with Crippen molar-refractivity contribution >= 4 is 5.97 Å². The van der Waals surface area contributed by atoms with Crippen LogP contribution in [0.4, 0.5) is 4.39 Å². The van der Waals surface area contributed by atoms with E-state index in [1.165, 1.54) is 12.1 Å². The fourth-order valence-corrected chi connectivity index (χ4v) is 3.11. The zero-order chi connectivity index (χ0) is 13.3. The summed E-state index contributed by atoms with van der Waals surface area (Å²) in [4.78, 5) is 11.1. The van der Waals surface area contributed by atoms with Gasteiger partial charge in [-0.3, -0.25) is 4.79 Å². The second kappa shape index (κ2) is 4.69. The third-order valence-corrected chi connectivity index (χ3v) is 4.06. The second-order valence-electron chi connectivity index (χ2n) is 5.04. The van der Waals surface area contributed by atoms with Crippen LogP contribution in [0.15, 0.2) is 18.2 Å². The van der Waals surface area contributed by atoms with E-state index in [-0.39, 0.29) is 18.3 Å². The Morgan fingerprint density at radius 3 is 2.94 bits per heavy atom. The molecule has 0 saturated carbocycles. The zero-order valence-electron chi connectivity index (χ0n) is 10.4. The summed E-state index contributed by atoms with van der Waals surface area (Å²) in [7, 11) is 0. The largest absolute Gasteiger partial charge is 0.481 e.